The Kier molecular flexibility index (Phi) is 4.93. The summed E-state index contributed by atoms with van der Waals surface area (Å²) in [5.74, 6) is 0.939. The molecule has 5 nitrogen and oxygen atoms in total. The second-order valence-corrected chi connectivity index (χ2v) is 6.47. The van der Waals surface area contributed by atoms with E-state index in [1.165, 1.54) is 0 Å². The van der Waals surface area contributed by atoms with Crippen LogP contribution in [0.3, 0.4) is 0 Å². The fourth-order valence-electron chi connectivity index (χ4n) is 2.18. The zero-order valence-electron chi connectivity index (χ0n) is 11.7. The summed E-state index contributed by atoms with van der Waals surface area (Å²) < 4.78 is 25.9. The summed E-state index contributed by atoms with van der Waals surface area (Å²) in [6, 6.07) is 3.49. The molecular weight excluding hydrogens is 278 g/mol. The molecule has 0 bridgehead atoms. The number of nitrogens with zero attached hydrogens (tertiary/aromatic N) is 1. The molecule has 0 aliphatic carbocycles. The molecule has 0 aliphatic heterocycles. The van der Waals surface area contributed by atoms with E-state index in [2.05, 4.69) is 5.92 Å². The van der Waals surface area contributed by atoms with Crippen molar-refractivity contribution in [3.05, 3.63) is 28.8 Å². The Morgan fingerprint density at radius 1 is 1.30 bits per heavy atom. The van der Waals surface area contributed by atoms with Gasteiger partial charge in [-0.15, -0.1) is 6.42 Å². The molecule has 0 heterocycles. The minimum absolute atomic E-state index is 0.125. The third kappa shape index (κ3) is 3.38. The number of hydrogen-bond acceptors (Lipinski definition) is 3. The third-order valence-electron chi connectivity index (χ3n) is 2.78. The monoisotopic (exact) mass is 295 g/mol. The molecule has 6 heteroatoms. The molecule has 0 atom stereocenters. The second kappa shape index (κ2) is 6.07. The van der Waals surface area contributed by atoms with Crippen molar-refractivity contribution < 1.29 is 18.3 Å². The average molecular weight is 295 g/mol. The molecule has 0 saturated carbocycles. The van der Waals surface area contributed by atoms with Gasteiger partial charge < -0.3 is 5.11 Å². The van der Waals surface area contributed by atoms with Crippen LogP contribution in [0.1, 0.15) is 16.7 Å². The summed E-state index contributed by atoms with van der Waals surface area (Å²) in [7, 11) is -3.93. The number of carboxylic acid groups (broad SMARTS) is 1. The highest BCUT2D eigenvalue weighted by atomic mass is 32.2. The predicted octanol–water partition coefficient (Wildman–Crippen LogP) is 1.32. The first-order valence-electron chi connectivity index (χ1n) is 5.93. The van der Waals surface area contributed by atoms with E-state index in [1.54, 1.807) is 26.0 Å². The quantitative estimate of drug-likeness (QED) is 0.831. The number of aliphatic carboxylic acids is 1. The van der Waals surface area contributed by atoms with Crippen LogP contribution in [-0.4, -0.2) is 36.9 Å². The van der Waals surface area contributed by atoms with Crippen LogP contribution in [-0.2, 0) is 14.8 Å². The highest BCUT2D eigenvalue weighted by molar-refractivity contribution is 7.89. The highest BCUT2D eigenvalue weighted by Gasteiger charge is 2.28. The van der Waals surface area contributed by atoms with E-state index < -0.39 is 22.5 Å². The second-order valence-electron chi connectivity index (χ2n) is 4.60. The Balaban J connectivity index is 3.41. The van der Waals surface area contributed by atoms with E-state index in [0.29, 0.717) is 11.1 Å². The van der Waals surface area contributed by atoms with Crippen LogP contribution in [0.25, 0.3) is 0 Å². The molecule has 1 aromatic rings. The van der Waals surface area contributed by atoms with Gasteiger partial charge >= 0.3 is 5.97 Å². The van der Waals surface area contributed by atoms with Crippen molar-refractivity contribution in [1.29, 1.82) is 0 Å². The van der Waals surface area contributed by atoms with Crippen LogP contribution in [0.5, 0.6) is 0 Å². The standard InChI is InChI=1S/C14H17NO4S/c1-5-6-15(9-13(16)17)20(18,19)14-11(3)7-10(2)8-12(14)4/h1,7-8H,6,9H2,2-4H3,(H,16,17). The van der Waals surface area contributed by atoms with Gasteiger partial charge in [-0.3, -0.25) is 4.79 Å². The van der Waals surface area contributed by atoms with E-state index in [0.717, 1.165) is 9.87 Å². The van der Waals surface area contributed by atoms with Gasteiger partial charge in [-0.2, -0.15) is 4.31 Å². The van der Waals surface area contributed by atoms with Crippen molar-refractivity contribution in [3.63, 3.8) is 0 Å². The maximum absolute atomic E-state index is 12.6. The van der Waals surface area contributed by atoms with Crippen molar-refractivity contribution in [2.75, 3.05) is 13.1 Å². The number of carboxylic acids is 1. The topological polar surface area (TPSA) is 74.7 Å². The molecule has 0 radical (unpaired) electrons. The Hall–Kier alpha value is -1.84. The first-order chi connectivity index (χ1) is 9.20. The first kappa shape index (κ1) is 16.2. The highest BCUT2D eigenvalue weighted by Crippen LogP contribution is 2.25. The number of aryl methyl sites for hydroxylation is 3. The Morgan fingerprint density at radius 2 is 1.80 bits per heavy atom. The molecule has 1 aromatic carbocycles. The minimum Gasteiger partial charge on any atom is -0.480 e. The van der Waals surface area contributed by atoms with Gasteiger partial charge in [-0.05, 0) is 31.9 Å². The summed E-state index contributed by atoms with van der Waals surface area (Å²) in [6.07, 6.45) is 5.13. The summed E-state index contributed by atoms with van der Waals surface area (Å²) >= 11 is 0. The number of carbonyl (C=O) groups is 1. The first-order valence-corrected chi connectivity index (χ1v) is 7.37. The summed E-state index contributed by atoms with van der Waals surface area (Å²) in [4.78, 5) is 10.9. The zero-order chi connectivity index (χ0) is 15.5. The number of rotatable bonds is 5. The van der Waals surface area contributed by atoms with Gasteiger partial charge in [-0.1, -0.05) is 23.6 Å². The van der Waals surface area contributed by atoms with E-state index in [1.807, 2.05) is 6.92 Å². The zero-order valence-corrected chi connectivity index (χ0v) is 12.5. The van der Waals surface area contributed by atoms with Gasteiger partial charge in [0.1, 0.15) is 6.54 Å². The van der Waals surface area contributed by atoms with Crippen LogP contribution >= 0.6 is 0 Å². The molecule has 0 aliphatic rings. The van der Waals surface area contributed by atoms with Crippen LogP contribution in [0, 0.1) is 33.1 Å². The lowest BCUT2D eigenvalue weighted by Crippen LogP contribution is -2.36. The van der Waals surface area contributed by atoms with Crippen molar-refractivity contribution >= 4 is 16.0 Å². The molecule has 0 spiro atoms. The molecule has 0 unspecified atom stereocenters. The molecular formula is C14H17NO4S. The summed E-state index contributed by atoms with van der Waals surface area (Å²) in [6.45, 7) is 4.30. The number of benzene rings is 1. The van der Waals surface area contributed by atoms with Gasteiger partial charge in [0.25, 0.3) is 0 Å². The molecule has 1 rings (SSSR count). The Labute approximate surface area is 119 Å². The predicted molar refractivity (Wildman–Crippen MR) is 75.9 cm³/mol. The van der Waals surface area contributed by atoms with Gasteiger partial charge in [0, 0.05) is 0 Å². The minimum atomic E-state index is -3.93. The molecule has 0 saturated heterocycles. The molecule has 0 amide bonds. The maximum Gasteiger partial charge on any atom is 0.318 e. The van der Waals surface area contributed by atoms with Crippen molar-refractivity contribution in [2.45, 2.75) is 25.7 Å². The molecule has 108 valence electrons. The summed E-state index contributed by atoms with van der Waals surface area (Å²) in [5, 5.41) is 8.83. The molecule has 0 aromatic heterocycles. The van der Waals surface area contributed by atoms with E-state index >= 15 is 0 Å². The van der Waals surface area contributed by atoms with Gasteiger partial charge in [0.05, 0.1) is 11.4 Å². The fraction of sp³-hybridized carbons (Fsp3) is 0.357. The molecule has 20 heavy (non-hydrogen) atoms. The van der Waals surface area contributed by atoms with Crippen molar-refractivity contribution in [3.8, 4) is 12.3 Å². The van der Waals surface area contributed by atoms with Crippen LogP contribution in [0.2, 0.25) is 0 Å². The lowest BCUT2D eigenvalue weighted by molar-refractivity contribution is -0.137. The normalized spacial score (nSPS) is 11.3. The van der Waals surface area contributed by atoms with E-state index in [9.17, 15) is 13.2 Å². The fourth-order valence-corrected chi connectivity index (χ4v) is 3.90. The lowest BCUT2D eigenvalue weighted by atomic mass is 10.1. The van der Waals surface area contributed by atoms with Crippen molar-refractivity contribution in [2.24, 2.45) is 0 Å². The van der Waals surface area contributed by atoms with Gasteiger partial charge in [0.2, 0.25) is 10.0 Å². The number of hydrogen-bond donors (Lipinski definition) is 1. The lowest BCUT2D eigenvalue weighted by Gasteiger charge is -2.21. The van der Waals surface area contributed by atoms with E-state index in [-0.39, 0.29) is 11.4 Å². The largest absolute Gasteiger partial charge is 0.480 e. The van der Waals surface area contributed by atoms with Crippen LogP contribution in [0.4, 0.5) is 0 Å². The average Bonchev–Trinajstić information content (AvgIpc) is 2.25. The third-order valence-corrected chi connectivity index (χ3v) is 4.88. The smallest absolute Gasteiger partial charge is 0.318 e. The van der Waals surface area contributed by atoms with Crippen molar-refractivity contribution in [1.82, 2.24) is 4.31 Å². The van der Waals surface area contributed by atoms with Gasteiger partial charge in [-0.25, -0.2) is 8.42 Å². The Bertz CT molecular complexity index is 648. The van der Waals surface area contributed by atoms with Crippen LogP contribution < -0.4 is 0 Å². The maximum atomic E-state index is 12.6. The number of sulfonamides is 1. The summed E-state index contributed by atoms with van der Waals surface area (Å²) in [5.41, 5.74) is 2.10. The number of terminal acetylenes is 1. The van der Waals surface area contributed by atoms with E-state index in [4.69, 9.17) is 11.5 Å². The van der Waals surface area contributed by atoms with Gasteiger partial charge in [0.15, 0.2) is 0 Å². The molecule has 0 fully saturated rings. The Morgan fingerprint density at radius 3 is 2.20 bits per heavy atom. The SMILES string of the molecule is C#CCN(CC(=O)O)S(=O)(=O)c1c(C)cc(C)cc1C. The molecule has 1 N–H and O–H groups in total. The van der Waals surface area contributed by atoms with Crippen LogP contribution in [0.15, 0.2) is 17.0 Å².